The van der Waals surface area contributed by atoms with Crippen molar-refractivity contribution in [3.63, 3.8) is 0 Å². The number of phenols is 1. The van der Waals surface area contributed by atoms with Crippen LogP contribution in [0.15, 0.2) is 53.6 Å². The van der Waals surface area contributed by atoms with Crippen molar-refractivity contribution < 1.29 is 5.11 Å². The highest BCUT2D eigenvalue weighted by atomic mass is 16.3. The highest BCUT2D eigenvalue weighted by Crippen LogP contribution is 2.13. The smallest absolute Gasteiger partial charge is 0.115 e. The molecule has 0 saturated heterocycles. The summed E-state index contributed by atoms with van der Waals surface area (Å²) in [5, 5.41) is 12.6. The zero-order chi connectivity index (χ0) is 12.8. The fraction of sp³-hybridized carbons (Fsp3) is 0. The van der Waals surface area contributed by atoms with Crippen LogP contribution in [0.3, 0.4) is 0 Å². The molecule has 0 bridgehead atoms. The third-order valence-electron chi connectivity index (χ3n) is 2.25. The summed E-state index contributed by atoms with van der Waals surface area (Å²) in [6.45, 7) is 0. The molecule has 0 heterocycles. The van der Waals surface area contributed by atoms with E-state index in [9.17, 15) is 0 Å². The number of nitrogens with zero attached hydrogens (tertiary/aromatic N) is 3. The van der Waals surface area contributed by atoms with Crippen LogP contribution >= 0.6 is 0 Å². The summed E-state index contributed by atoms with van der Waals surface area (Å²) >= 11 is 0. The van der Waals surface area contributed by atoms with E-state index in [-0.39, 0.29) is 5.75 Å². The minimum atomic E-state index is 0.222. The van der Waals surface area contributed by atoms with Crippen molar-refractivity contribution in [1.29, 1.82) is 0 Å². The number of phenolic OH excluding ortho intramolecular Hbond substituents is 1. The predicted octanol–water partition coefficient (Wildman–Crippen LogP) is 3.73. The first-order valence-corrected chi connectivity index (χ1v) is 5.24. The lowest BCUT2D eigenvalue weighted by atomic mass is 10.1. The van der Waals surface area contributed by atoms with Gasteiger partial charge in [0, 0.05) is 21.7 Å². The van der Waals surface area contributed by atoms with Gasteiger partial charge in [-0.05, 0) is 41.9 Å². The van der Waals surface area contributed by atoms with Gasteiger partial charge in [-0.1, -0.05) is 29.1 Å². The Morgan fingerprint density at radius 2 is 1.39 bits per heavy atom. The van der Waals surface area contributed by atoms with Gasteiger partial charge in [0.25, 0.3) is 0 Å². The van der Waals surface area contributed by atoms with Gasteiger partial charge in [-0.15, -0.1) is 0 Å². The Labute approximate surface area is 104 Å². The third kappa shape index (κ3) is 3.05. The first kappa shape index (κ1) is 11.6. The standard InChI is InChI=1S/C14H9N3O/c15-17-16-13-7-3-11(4-8-13)1-2-12-5-9-14(18)10-6-12/h3-10,18H. The molecule has 4 heteroatoms. The van der Waals surface area contributed by atoms with E-state index in [0.29, 0.717) is 5.69 Å². The summed E-state index contributed by atoms with van der Waals surface area (Å²) in [6, 6.07) is 13.7. The molecule has 1 N–H and O–H groups in total. The Hall–Kier alpha value is -2.89. The first-order valence-electron chi connectivity index (χ1n) is 5.24. The molecule has 2 aromatic carbocycles. The molecule has 0 radical (unpaired) electrons. The average Bonchev–Trinajstić information content (AvgIpc) is 2.40. The molecule has 2 aromatic rings. The summed E-state index contributed by atoms with van der Waals surface area (Å²) in [5.41, 5.74) is 10.5. The van der Waals surface area contributed by atoms with Gasteiger partial charge in [0.15, 0.2) is 0 Å². The van der Waals surface area contributed by atoms with Crippen LogP contribution < -0.4 is 0 Å². The highest BCUT2D eigenvalue weighted by Gasteiger charge is 1.90. The molecule has 4 nitrogen and oxygen atoms in total. The molecule has 0 aromatic heterocycles. The Morgan fingerprint density at radius 1 is 0.889 bits per heavy atom. The van der Waals surface area contributed by atoms with Gasteiger partial charge in [0.1, 0.15) is 5.75 Å². The van der Waals surface area contributed by atoms with E-state index < -0.39 is 0 Å². The van der Waals surface area contributed by atoms with E-state index in [4.69, 9.17) is 10.6 Å². The number of aromatic hydroxyl groups is 1. The number of rotatable bonds is 1. The minimum absolute atomic E-state index is 0.222. The molecular formula is C14H9N3O. The first-order chi connectivity index (χ1) is 8.78. The number of hydrogen-bond donors (Lipinski definition) is 1. The van der Waals surface area contributed by atoms with Gasteiger partial charge >= 0.3 is 0 Å². The lowest BCUT2D eigenvalue weighted by Crippen LogP contribution is -1.75. The van der Waals surface area contributed by atoms with Gasteiger partial charge in [0.05, 0.1) is 0 Å². The predicted molar refractivity (Wildman–Crippen MR) is 69.3 cm³/mol. The SMILES string of the molecule is [N-]=[N+]=Nc1ccc(C#Cc2ccc(O)cc2)cc1. The zero-order valence-corrected chi connectivity index (χ0v) is 9.41. The van der Waals surface area contributed by atoms with Gasteiger partial charge in [0.2, 0.25) is 0 Å². The van der Waals surface area contributed by atoms with Crippen molar-refractivity contribution in [2.45, 2.75) is 0 Å². The average molecular weight is 235 g/mol. The van der Waals surface area contributed by atoms with Crippen LogP contribution in [0.4, 0.5) is 5.69 Å². The molecule has 86 valence electrons. The molecule has 0 spiro atoms. The van der Waals surface area contributed by atoms with Gasteiger partial charge in [-0.25, -0.2) is 0 Å². The minimum Gasteiger partial charge on any atom is -0.508 e. The molecule has 0 amide bonds. The fourth-order valence-corrected chi connectivity index (χ4v) is 1.35. The second-order valence-electron chi connectivity index (χ2n) is 3.53. The molecule has 0 aliphatic heterocycles. The van der Waals surface area contributed by atoms with E-state index in [1.807, 2.05) is 0 Å². The molecule has 18 heavy (non-hydrogen) atoms. The van der Waals surface area contributed by atoms with Crippen LogP contribution in [0.2, 0.25) is 0 Å². The molecule has 0 fully saturated rings. The molecule has 0 aliphatic carbocycles. The Bertz CT molecular complexity index is 642. The van der Waals surface area contributed by atoms with E-state index in [0.717, 1.165) is 11.1 Å². The van der Waals surface area contributed by atoms with Crippen LogP contribution in [0.25, 0.3) is 10.4 Å². The Kier molecular flexibility index (Phi) is 3.50. The van der Waals surface area contributed by atoms with Gasteiger partial charge < -0.3 is 5.11 Å². The quantitative estimate of drug-likeness (QED) is 0.348. The molecule has 0 aliphatic rings. The van der Waals surface area contributed by atoms with Crippen molar-refractivity contribution in [2.24, 2.45) is 5.11 Å². The van der Waals surface area contributed by atoms with E-state index in [1.165, 1.54) is 0 Å². The molecule has 0 saturated carbocycles. The van der Waals surface area contributed by atoms with Crippen LogP contribution in [0.5, 0.6) is 5.75 Å². The topological polar surface area (TPSA) is 69.0 Å². The van der Waals surface area contributed by atoms with Crippen molar-refractivity contribution >= 4 is 5.69 Å². The van der Waals surface area contributed by atoms with Crippen LogP contribution in [0, 0.1) is 11.8 Å². The van der Waals surface area contributed by atoms with Gasteiger partial charge in [-0.3, -0.25) is 0 Å². The summed E-state index contributed by atoms with van der Waals surface area (Å²) < 4.78 is 0. The maximum absolute atomic E-state index is 9.14. The number of hydrogen-bond acceptors (Lipinski definition) is 2. The van der Waals surface area contributed by atoms with E-state index in [2.05, 4.69) is 21.9 Å². The molecule has 2 rings (SSSR count). The maximum atomic E-state index is 9.14. The van der Waals surface area contributed by atoms with Crippen molar-refractivity contribution in [1.82, 2.24) is 0 Å². The lowest BCUT2D eigenvalue weighted by Gasteiger charge is -1.93. The fourth-order valence-electron chi connectivity index (χ4n) is 1.35. The normalized spacial score (nSPS) is 8.89. The summed E-state index contributed by atoms with van der Waals surface area (Å²) in [6.07, 6.45) is 0. The summed E-state index contributed by atoms with van der Waals surface area (Å²) in [7, 11) is 0. The second-order valence-corrected chi connectivity index (χ2v) is 3.53. The van der Waals surface area contributed by atoms with E-state index >= 15 is 0 Å². The van der Waals surface area contributed by atoms with Crippen LogP contribution in [-0.2, 0) is 0 Å². The van der Waals surface area contributed by atoms with E-state index in [1.54, 1.807) is 48.5 Å². The maximum Gasteiger partial charge on any atom is 0.115 e. The third-order valence-corrected chi connectivity index (χ3v) is 2.25. The summed E-state index contributed by atoms with van der Waals surface area (Å²) in [5.74, 6) is 6.18. The molecular weight excluding hydrogens is 226 g/mol. The Morgan fingerprint density at radius 3 is 1.89 bits per heavy atom. The second kappa shape index (κ2) is 5.44. The van der Waals surface area contributed by atoms with Gasteiger partial charge in [-0.2, -0.15) is 0 Å². The zero-order valence-electron chi connectivity index (χ0n) is 9.41. The highest BCUT2D eigenvalue weighted by molar-refractivity contribution is 5.47. The molecule has 0 unspecified atom stereocenters. The van der Waals surface area contributed by atoms with Crippen LogP contribution in [-0.4, -0.2) is 5.11 Å². The van der Waals surface area contributed by atoms with Crippen molar-refractivity contribution in [2.75, 3.05) is 0 Å². The summed E-state index contributed by atoms with van der Waals surface area (Å²) in [4.78, 5) is 2.70. The number of azide groups is 1. The number of benzene rings is 2. The largest absolute Gasteiger partial charge is 0.508 e. The van der Waals surface area contributed by atoms with Crippen molar-refractivity contribution in [3.8, 4) is 17.6 Å². The molecule has 0 atom stereocenters. The lowest BCUT2D eigenvalue weighted by molar-refractivity contribution is 0.475. The van der Waals surface area contributed by atoms with Crippen LogP contribution in [0.1, 0.15) is 11.1 Å². The van der Waals surface area contributed by atoms with Crippen molar-refractivity contribution in [3.05, 3.63) is 70.1 Å². The Balaban J connectivity index is 2.19. The monoisotopic (exact) mass is 235 g/mol.